The molecule has 0 rings (SSSR count). The zero-order valence-electron chi connectivity index (χ0n) is 5.73. The molecule has 9 heavy (non-hydrogen) atoms. The predicted molar refractivity (Wildman–Crippen MR) is 39.0 cm³/mol. The maximum Gasteiger partial charge on any atom is 0.155 e. The van der Waals surface area contributed by atoms with E-state index in [0.717, 1.165) is 19.3 Å². The SMILES string of the molecule is [CH2]CCCCC(=O)C=C. The molecule has 0 fully saturated rings. The van der Waals surface area contributed by atoms with E-state index in [1.807, 2.05) is 0 Å². The summed E-state index contributed by atoms with van der Waals surface area (Å²) in [6.07, 6.45) is 4.93. The van der Waals surface area contributed by atoms with Gasteiger partial charge >= 0.3 is 0 Å². The van der Waals surface area contributed by atoms with Crippen LogP contribution in [0.4, 0.5) is 0 Å². The van der Waals surface area contributed by atoms with Gasteiger partial charge in [0.15, 0.2) is 5.78 Å². The molecule has 0 bridgehead atoms. The molecule has 0 aromatic rings. The summed E-state index contributed by atoms with van der Waals surface area (Å²) in [5, 5.41) is 0. The molecule has 1 radical (unpaired) electrons. The average molecular weight is 125 g/mol. The molecule has 0 aliphatic rings. The highest BCUT2D eigenvalue weighted by Crippen LogP contribution is 1.98. The summed E-state index contributed by atoms with van der Waals surface area (Å²) in [5.41, 5.74) is 0. The van der Waals surface area contributed by atoms with Crippen molar-refractivity contribution in [3.8, 4) is 0 Å². The molecule has 0 aliphatic carbocycles. The highest BCUT2D eigenvalue weighted by atomic mass is 16.1. The monoisotopic (exact) mass is 125 g/mol. The average Bonchev–Trinajstić information content (AvgIpc) is 1.89. The van der Waals surface area contributed by atoms with Crippen molar-refractivity contribution in [2.24, 2.45) is 0 Å². The third-order valence-corrected chi connectivity index (χ3v) is 1.15. The molecule has 0 spiro atoms. The number of ketones is 1. The highest BCUT2D eigenvalue weighted by molar-refractivity contribution is 5.88. The van der Waals surface area contributed by atoms with Crippen LogP contribution < -0.4 is 0 Å². The van der Waals surface area contributed by atoms with Crippen molar-refractivity contribution in [1.82, 2.24) is 0 Å². The Morgan fingerprint density at radius 2 is 2.11 bits per heavy atom. The number of hydrogen-bond acceptors (Lipinski definition) is 1. The maximum atomic E-state index is 10.5. The van der Waals surface area contributed by atoms with Gasteiger partial charge in [0.05, 0.1) is 0 Å². The number of carbonyl (C=O) groups excluding carboxylic acids is 1. The van der Waals surface area contributed by atoms with Crippen molar-refractivity contribution >= 4 is 5.78 Å². The van der Waals surface area contributed by atoms with Crippen LogP contribution in [0.15, 0.2) is 12.7 Å². The van der Waals surface area contributed by atoms with E-state index in [9.17, 15) is 4.79 Å². The van der Waals surface area contributed by atoms with Crippen LogP contribution in [0.1, 0.15) is 25.7 Å². The Morgan fingerprint density at radius 1 is 1.44 bits per heavy atom. The summed E-state index contributed by atoms with van der Waals surface area (Å²) in [5.74, 6) is 0.142. The largest absolute Gasteiger partial charge is 0.295 e. The minimum Gasteiger partial charge on any atom is -0.295 e. The zero-order valence-corrected chi connectivity index (χ0v) is 5.73. The molecule has 51 valence electrons. The van der Waals surface area contributed by atoms with E-state index in [1.165, 1.54) is 6.08 Å². The molecule has 1 nitrogen and oxygen atoms in total. The predicted octanol–water partition coefficient (Wildman–Crippen LogP) is 2.14. The third-order valence-electron chi connectivity index (χ3n) is 1.15. The van der Waals surface area contributed by atoms with Gasteiger partial charge in [-0.05, 0) is 12.5 Å². The Bertz CT molecular complexity index is 94.7. The van der Waals surface area contributed by atoms with Crippen molar-refractivity contribution in [3.05, 3.63) is 19.6 Å². The van der Waals surface area contributed by atoms with Crippen molar-refractivity contribution < 1.29 is 4.79 Å². The van der Waals surface area contributed by atoms with Crippen LogP contribution >= 0.6 is 0 Å². The Labute approximate surface area is 56.8 Å². The fraction of sp³-hybridized carbons (Fsp3) is 0.500. The van der Waals surface area contributed by atoms with Gasteiger partial charge in [-0.3, -0.25) is 4.79 Å². The lowest BCUT2D eigenvalue weighted by Gasteiger charge is -1.91. The van der Waals surface area contributed by atoms with Crippen LogP contribution in [0, 0.1) is 6.92 Å². The first-order valence-electron chi connectivity index (χ1n) is 3.25. The fourth-order valence-corrected chi connectivity index (χ4v) is 0.578. The molecule has 0 saturated carbocycles. The topological polar surface area (TPSA) is 17.1 Å². The molecule has 0 amide bonds. The number of unbranched alkanes of at least 4 members (excludes halogenated alkanes) is 2. The molecule has 0 unspecified atom stereocenters. The van der Waals surface area contributed by atoms with E-state index in [1.54, 1.807) is 0 Å². The second kappa shape index (κ2) is 5.54. The van der Waals surface area contributed by atoms with Gasteiger partial charge in [0.1, 0.15) is 0 Å². The second-order valence-corrected chi connectivity index (χ2v) is 1.98. The first-order valence-corrected chi connectivity index (χ1v) is 3.25. The van der Waals surface area contributed by atoms with Gasteiger partial charge in [-0.2, -0.15) is 0 Å². The lowest BCUT2D eigenvalue weighted by Crippen LogP contribution is -1.90. The number of hydrogen-bond donors (Lipinski definition) is 0. The first kappa shape index (κ1) is 8.41. The maximum absolute atomic E-state index is 10.5. The summed E-state index contributed by atoms with van der Waals surface area (Å²) in [6, 6.07) is 0. The molecular weight excluding hydrogens is 112 g/mol. The van der Waals surface area contributed by atoms with Gasteiger partial charge in [0, 0.05) is 6.42 Å². The Morgan fingerprint density at radius 3 is 2.56 bits per heavy atom. The molecular formula is C8H13O. The summed E-state index contributed by atoms with van der Waals surface area (Å²) >= 11 is 0. The van der Waals surface area contributed by atoms with E-state index in [0.29, 0.717) is 6.42 Å². The standard InChI is InChI=1S/C8H13O/c1-3-5-6-7-8(9)4-2/h4H,1-3,5-7H2. The quantitative estimate of drug-likeness (QED) is 0.406. The van der Waals surface area contributed by atoms with Crippen molar-refractivity contribution in [2.45, 2.75) is 25.7 Å². The van der Waals surface area contributed by atoms with Crippen molar-refractivity contribution in [2.75, 3.05) is 0 Å². The molecule has 0 aromatic carbocycles. The Hall–Kier alpha value is -0.590. The molecule has 0 aromatic heterocycles. The van der Waals surface area contributed by atoms with Gasteiger partial charge in [0.2, 0.25) is 0 Å². The first-order chi connectivity index (χ1) is 4.31. The van der Waals surface area contributed by atoms with Crippen LogP contribution in [0.2, 0.25) is 0 Å². The fourth-order valence-electron chi connectivity index (χ4n) is 0.578. The third kappa shape index (κ3) is 5.28. The van der Waals surface area contributed by atoms with E-state index < -0.39 is 0 Å². The zero-order chi connectivity index (χ0) is 7.11. The Kier molecular flexibility index (Phi) is 5.18. The number of allylic oxidation sites excluding steroid dienone is 1. The van der Waals surface area contributed by atoms with Gasteiger partial charge in [0.25, 0.3) is 0 Å². The Balaban J connectivity index is 3.07. The minimum absolute atomic E-state index is 0.142. The van der Waals surface area contributed by atoms with Crippen molar-refractivity contribution in [3.63, 3.8) is 0 Å². The lowest BCUT2D eigenvalue weighted by molar-refractivity contribution is -0.114. The van der Waals surface area contributed by atoms with E-state index in [4.69, 9.17) is 0 Å². The molecule has 0 atom stereocenters. The van der Waals surface area contributed by atoms with Gasteiger partial charge < -0.3 is 0 Å². The van der Waals surface area contributed by atoms with Gasteiger partial charge in [-0.15, -0.1) is 0 Å². The van der Waals surface area contributed by atoms with Crippen LogP contribution in [0.3, 0.4) is 0 Å². The second-order valence-electron chi connectivity index (χ2n) is 1.98. The van der Waals surface area contributed by atoms with E-state index in [-0.39, 0.29) is 5.78 Å². The summed E-state index contributed by atoms with van der Waals surface area (Å²) in [7, 11) is 0. The van der Waals surface area contributed by atoms with Crippen molar-refractivity contribution in [1.29, 1.82) is 0 Å². The van der Waals surface area contributed by atoms with Crippen LogP contribution in [-0.2, 0) is 4.79 Å². The number of carbonyl (C=O) groups is 1. The lowest BCUT2D eigenvalue weighted by atomic mass is 10.1. The molecule has 1 heteroatoms. The van der Waals surface area contributed by atoms with E-state index >= 15 is 0 Å². The smallest absolute Gasteiger partial charge is 0.155 e. The normalized spacial score (nSPS) is 9.00. The highest BCUT2D eigenvalue weighted by Gasteiger charge is 1.92. The van der Waals surface area contributed by atoms with Crippen LogP contribution in [0.5, 0.6) is 0 Å². The summed E-state index contributed by atoms with van der Waals surface area (Å²) < 4.78 is 0. The number of rotatable bonds is 5. The van der Waals surface area contributed by atoms with E-state index in [2.05, 4.69) is 13.5 Å². The molecule has 0 N–H and O–H groups in total. The summed E-state index contributed by atoms with van der Waals surface area (Å²) in [6.45, 7) is 7.05. The molecule has 0 aliphatic heterocycles. The van der Waals surface area contributed by atoms with Crippen LogP contribution in [0.25, 0.3) is 0 Å². The van der Waals surface area contributed by atoms with Gasteiger partial charge in [-0.1, -0.05) is 26.3 Å². The molecule has 0 saturated heterocycles. The summed E-state index contributed by atoms with van der Waals surface area (Å²) in [4.78, 5) is 10.5. The van der Waals surface area contributed by atoms with Gasteiger partial charge in [-0.25, -0.2) is 0 Å². The van der Waals surface area contributed by atoms with Crippen LogP contribution in [-0.4, -0.2) is 5.78 Å². The minimum atomic E-state index is 0.142. The molecule has 0 heterocycles.